The zero-order chi connectivity index (χ0) is 13.3. The lowest BCUT2D eigenvalue weighted by Gasteiger charge is -2.23. The van der Waals surface area contributed by atoms with E-state index in [0.717, 1.165) is 18.4 Å². The van der Waals surface area contributed by atoms with Crippen molar-refractivity contribution in [2.75, 3.05) is 13.1 Å². The summed E-state index contributed by atoms with van der Waals surface area (Å²) >= 11 is 3.32. The molecular weight excluding hydrogens is 316 g/mol. The van der Waals surface area contributed by atoms with Gasteiger partial charge < -0.3 is 5.73 Å². The van der Waals surface area contributed by atoms with Gasteiger partial charge in [-0.15, -0.1) is 0 Å². The molecular formula is C12H17BrN2O2S. The molecule has 1 atom stereocenters. The molecule has 100 valence electrons. The lowest BCUT2D eigenvalue weighted by molar-refractivity contribution is 0.393. The number of aryl methyl sites for hydroxylation is 1. The molecule has 1 heterocycles. The molecule has 1 saturated heterocycles. The number of nitrogens with zero attached hydrogens (tertiary/aromatic N) is 1. The minimum atomic E-state index is -3.45. The average molecular weight is 333 g/mol. The summed E-state index contributed by atoms with van der Waals surface area (Å²) in [5.74, 6) is 0. The molecule has 0 bridgehead atoms. The van der Waals surface area contributed by atoms with Crippen LogP contribution in [0.5, 0.6) is 0 Å². The van der Waals surface area contributed by atoms with Crippen molar-refractivity contribution in [3.8, 4) is 0 Å². The second kappa shape index (κ2) is 5.28. The van der Waals surface area contributed by atoms with Gasteiger partial charge in [-0.1, -0.05) is 6.07 Å². The van der Waals surface area contributed by atoms with E-state index >= 15 is 0 Å². The Hall–Kier alpha value is -0.430. The van der Waals surface area contributed by atoms with Crippen LogP contribution in [0, 0.1) is 6.92 Å². The molecule has 1 aliphatic rings. The van der Waals surface area contributed by atoms with Crippen molar-refractivity contribution in [1.29, 1.82) is 0 Å². The van der Waals surface area contributed by atoms with Crippen LogP contribution in [0.25, 0.3) is 0 Å². The van der Waals surface area contributed by atoms with Gasteiger partial charge in [0.15, 0.2) is 0 Å². The molecule has 1 fully saturated rings. The van der Waals surface area contributed by atoms with E-state index in [1.165, 1.54) is 4.31 Å². The topological polar surface area (TPSA) is 63.4 Å². The van der Waals surface area contributed by atoms with Gasteiger partial charge in [0.2, 0.25) is 10.0 Å². The highest BCUT2D eigenvalue weighted by Crippen LogP contribution is 2.30. The van der Waals surface area contributed by atoms with Crippen LogP contribution < -0.4 is 5.73 Å². The van der Waals surface area contributed by atoms with E-state index in [4.69, 9.17) is 5.73 Å². The van der Waals surface area contributed by atoms with Crippen molar-refractivity contribution in [1.82, 2.24) is 4.31 Å². The summed E-state index contributed by atoms with van der Waals surface area (Å²) in [6, 6.07) is 5.29. The quantitative estimate of drug-likeness (QED) is 0.918. The van der Waals surface area contributed by atoms with Crippen LogP contribution in [0.3, 0.4) is 0 Å². The Morgan fingerprint density at radius 2 is 2.22 bits per heavy atom. The molecule has 1 aromatic carbocycles. The number of hydrogen-bond acceptors (Lipinski definition) is 3. The van der Waals surface area contributed by atoms with Crippen molar-refractivity contribution in [2.45, 2.75) is 30.7 Å². The van der Waals surface area contributed by atoms with Gasteiger partial charge in [-0.2, -0.15) is 4.31 Å². The number of rotatable bonds is 3. The fourth-order valence-electron chi connectivity index (χ4n) is 2.30. The molecule has 0 aromatic heterocycles. The van der Waals surface area contributed by atoms with Gasteiger partial charge in [0.25, 0.3) is 0 Å². The molecule has 0 spiro atoms. The van der Waals surface area contributed by atoms with E-state index in [-0.39, 0.29) is 6.04 Å². The maximum Gasteiger partial charge on any atom is 0.244 e. The van der Waals surface area contributed by atoms with Crippen molar-refractivity contribution in [2.24, 2.45) is 5.73 Å². The summed E-state index contributed by atoms with van der Waals surface area (Å²) in [6.45, 7) is 2.82. The molecule has 1 aromatic rings. The van der Waals surface area contributed by atoms with E-state index in [1.807, 2.05) is 13.0 Å². The highest BCUT2D eigenvalue weighted by atomic mass is 79.9. The molecule has 0 aliphatic carbocycles. The Morgan fingerprint density at radius 1 is 1.50 bits per heavy atom. The van der Waals surface area contributed by atoms with Gasteiger partial charge in [-0.3, -0.25) is 0 Å². The molecule has 6 heteroatoms. The minimum absolute atomic E-state index is 0.0672. The van der Waals surface area contributed by atoms with E-state index in [2.05, 4.69) is 15.9 Å². The lowest BCUT2D eigenvalue weighted by atomic mass is 10.2. The zero-order valence-electron chi connectivity index (χ0n) is 10.3. The first kappa shape index (κ1) is 14.0. The van der Waals surface area contributed by atoms with Crippen LogP contribution in [0.2, 0.25) is 0 Å². The van der Waals surface area contributed by atoms with Crippen molar-refractivity contribution in [3.05, 3.63) is 28.2 Å². The first-order valence-electron chi connectivity index (χ1n) is 5.95. The summed E-state index contributed by atoms with van der Waals surface area (Å²) in [6.07, 6.45) is 1.73. The van der Waals surface area contributed by atoms with Crippen molar-refractivity contribution < 1.29 is 8.42 Å². The monoisotopic (exact) mass is 332 g/mol. The molecule has 2 N–H and O–H groups in total. The maximum atomic E-state index is 12.6. The predicted molar refractivity (Wildman–Crippen MR) is 74.8 cm³/mol. The summed E-state index contributed by atoms with van der Waals surface area (Å²) in [5.41, 5.74) is 6.58. The van der Waals surface area contributed by atoms with Crippen LogP contribution in [0.4, 0.5) is 0 Å². The minimum Gasteiger partial charge on any atom is -0.329 e. The largest absolute Gasteiger partial charge is 0.329 e. The molecule has 0 unspecified atom stereocenters. The van der Waals surface area contributed by atoms with Gasteiger partial charge >= 0.3 is 0 Å². The average Bonchev–Trinajstić information content (AvgIpc) is 2.81. The van der Waals surface area contributed by atoms with Gasteiger partial charge in [0.05, 0.1) is 4.90 Å². The van der Waals surface area contributed by atoms with Crippen LogP contribution in [-0.2, 0) is 10.0 Å². The number of nitrogens with two attached hydrogens (primary N) is 1. The smallest absolute Gasteiger partial charge is 0.244 e. The van der Waals surface area contributed by atoms with E-state index in [0.29, 0.717) is 22.5 Å². The number of hydrogen-bond donors (Lipinski definition) is 1. The zero-order valence-corrected chi connectivity index (χ0v) is 12.7. The van der Waals surface area contributed by atoms with E-state index < -0.39 is 10.0 Å². The summed E-state index contributed by atoms with van der Waals surface area (Å²) in [5, 5.41) is 0. The van der Waals surface area contributed by atoms with Crippen molar-refractivity contribution in [3.63, 3.8) is 0 Å². The third-order valence-electron chi connectivity index (χ3n) is 3.27. The van der Waals surface area contributed by atoms with Gasteiger partial charge in [0, 0.05) is 23.6 Å². The van der Waals surface area contributed by atoms with Crippen LogP contribution >= 0.6 is 15.9 Å². The Balaban J connectivity index is 2.45. The van der Waals surface area contributed by atoms with Crippen LogP contribution in [0.1, 0.15) is 18.4 Å². The second-order valence-corrected chi connectivity index (χ2v) is 7.29. The first-order chi connectivity index (χ1) is 8.46. The van der Waals surface area contributed by atoms with Crippen LogP contribution in [0.15, 0.2) is 27.6 Å². The molecule has 0 amide bonds. The molecule has 2 rings (SSSR count). The molecule has 4 nitrogen and oxygen atoms in total. The molecule has 0 radical (unpaired) electrons. The summed E-state index contributed by atoms with van der Waals surface area (Å²) < 4.78 is 27.4. The fraction of sp³-hybridized carbons (Fsp3) is 0.500. The number of sulfonamides is 1. The summed E-state index contributed by atoms with van der Waals surface area (Å²) in [4.78, 5) is 0.336. The highest BCUT2D eigenvalue weighted by Gasteiger charge is 2.35. The standard InChI is InChI=1S/C12H17BrN2O2S/c1-9-4-5-11(13)12(7-9)18(16,17)15-6-2-3-10(15)8-14/h4-5,7,10H,2-3,6,8,14H2,1H3/t10-/m0/s1. The Labute approximate surface area is 116 Å². The predicted octanol–water partition coefficient (Wildman–Crippen LogP) is 1.87. The Morgan fingerprint density at radius 3 is 2.89 bits per heavy atom. The number of halogens is 1. The second-order valence-electron chi connectivity index (χ2n) is 4.58. The molecule has 1 aliphatic heterocycles. The Bertz CT molecular complexity index is 545. The van der Waals surface area contributed by atoms with Crippen molar-refractivity contribution >= 4 is 26.0 Å². The normalized spacial score (nSPS) is 21.4. The SMILES string of the molecule is Cc1ccc(Br)c(S(=O)(=O)N2CCC[C@H]2CN)c1. The molecule has 0 saturated carbocycles. The third kappa shape index (κ3) is 2.47. The van der Waals surface area contributed by atoms with Gasteiger partial charge in [-0.25, -0.2) is 8.42 Å². The maximum absolute atomic E-state index is 12.6. The highest BCUT2D eigenvalue weighted by molar-refractivity contribution is 9.10. The van der Waals surface area contributed by atoms with Crippen LogP contribution in [-0.4, -0.2) is 31.9 Å². The fourth-order valence-corrected chi connectivity index (χ4v) is 5.01. The Kier molecular flexibility index (Phi) is 4.11. The third-order valence-corrected chi connectivity index (χ3v) is 6.21. The van der Waals surface area contributed by atoms with Gasteiger partial charge in [0.1, 0.15) is 0 Å². The number of benzene rings is 1. The van der Waals surface area contributed by atoms with E-state index in [9.17, 15) is 8.42 Å². The van der Waals surface area contributed by atoms with Gasteiger partial charge in [-0.05, 0) is 53.4 Å². The lowest BCUT2D eigenvalue weighted by Crippen LogP contribution is -2.40. The summed E-state index contributed by atoms with van der Waals surface area (Å²) in [7, 11) is -3.45. The van der Waals surface area contributed by atoms with E-state index in [1.54, 1.807) is 12.1 Å². The molecule has 18 heavy (non-hydrogen) atoms. The first-order valence-corrected chi connectivity index (χ1v) is 8.18.